The molecule has 0 unspecified atom stereocenters. The molecule has 3 heterocycles. The van der Waals surface area contributed by atoms with Crippen molar-refractivity contribution in [3.05, 3.63) is 35.2 Å². The first kappa shape index (κ1) is 22.6. The van der Waals surface area contributed by atoms with Crippen LogP contribution >= 0.6 is 11.6 Å². The highest BCUT2D eigenvalue weighted by Crippen LogP contribution is 2.27. The molecule has 0 spiro atoms. The van der Waals surface area contributed by atoms with Crippen molar-refractivity contribution in [3.8, 4) is 11.5 Å². The first-order valence-electron chi connectivity index (χ1n) is 11.4. The number of hydrogen-bond donors (Lipinski definition) is 0. The number of carbonyl (C=O) groups is 2. The molecule has 8 nitrogen and oxygen atoms in total. The van der Waals surface area contributed by atoms with Crippen LogP contribution in [0.5, 0.6) is 0 Å². The highest BCUT2D eigenvalue weighted by molar-refractivity contribution is 6.33. The predicted molar refractivity (Wildman–Crippen MR) is 121 cm³/mol. The average molecular weight is 460 g/mol. The van der Waals surface area contributed by atoms with Crippen LogP contribution in [0.2, 0.25) is 5.02 Å². The van der Waals surface area contributed by atoms with E-state index in [1.807, 2.05) is 41.8 Å². The minimum Gasteiger partial charge on any atom is -0.419 e. The summed E-state index contributed by atoms with van der Waals surface area (Å²) >= 11 is 6.23. The highest BCUT2D eigenvalue weighted by Gasteiger charge is 2.33. The van der Waals surface area contributed by atoms with E-state index in [0.717, 1.165) is 25.9 Å². The second-order valence-corrected chi connectivity index (χ2v) is 9.19. The Kier molecular flexibility index (Phi) is 6.98. The summed E-state index contributed by atoms with van der Waals surface area (Å²) in [5.41, 5.74) is 0.672. The normalized spacial score (nSPS) is 17.2. The Morgan fingerprint density at radius 2 is 1.75 bits per heavy atom. The van der Waals surface area contributed by atoms with E-state index in [2.05, 4.69) is 10.2 Å². The molecule has 0 N–H and O–H groups in total. The second kappa shape index (κ2) is 9.90. The maximum atomic E-state index is 13.3. The van der Waals surface area contributed by atoms with E-state index in [-0.39, 0.29) is 30.4 Å². The van der Waals surface area contributed by atoms with Gasteiger partial charge in [0.15, 0.2) is 0 Å². The number of halogens is 1. The number of nitrogens with zero attached hydrogens (tertiary/aromatic N) is 5. The molecule has 2 saturated heterocycles. The van der Waals surface area contributed by atoms with Crippen molar-refractivity contribution in [1.82, 2.24) is 24.9 Å². The van der Waals surface area contributed by atoms with E-state index in [0.29, 0.717) is 48.3 Å². The zero-order valence-electron chi connectivity index (χ0n) is 18.7. The quantitative estimate of drug-likeness (QED) is 0.673. The van der Waals surface area contributed by atoms with Gasteiger partial charge in [0.25, 0.3) is 0 Å². The lowest BCUT2D eigenvalue weighted by Crippen LogP contribution is -2.49. The van der Waals surface area contributed by atoms with Crippen LogP contribution in [-0.4, -0.2) is 69.1 Å². The standard InChI is InChI=1S/C23H30ClN5O3/c1-16(2)29(15-20-25-26-21(32-20)18-7-3-4-8-19(18)24)22(30)17-9-13-28(14-10-17)23(31)27-11-5-6-12-27/h3-4,7-8,16-17H,5-6,9-15H2,1-2H3. The van der Waals surface area contributed by atoms with Gasteiger partial charge >= 0.3 is 6.03 Å². The minimum absolute atomic E-state index is 0.0116. The second-order valence-electron chi connectivity index (χ2n) is 8.78. The molecule has 4 rings (SSSR count). The molecule has 2 fully saturated rings. The Morgan fingerprint density at radius 3 is 2.41 bits per heavy atom. The van der Waals surface area contributed by atoms with E-state index in [1.54, 1.807) is 11.0 Å². The zero-order valence-corrected chi connectivity index (χ0v) is 19.4. The molecule has 2 aliphatic heterocycles. The van der Waals surface area contributed by atoms with Gasteiger partial charge in [-0.1, -0.05) is 23.7 Å². The van der Waals surface area contributed by atoms with E-state index >= 15 is 0 Å². The summed E-state index contributed by atoms with van der Waals surface area (Å²) < 4.78 is 5.82. The van der Waals surface area contributed by atoms with Crippen molar-refractivity contribution in [3.63, 3.8) is 0 Å². The van der Waals surface area contributed by atoms with E-state index in [4.69, 9.17) is 16.0 Å². The molecule has 2 aliphatic rings. The fraction of sp³-hybridized carbons (Fsp3) is 0.565. The fourth-order valence-electron chi connectivity index (χ4n) is 4.38. The van der Waals surface area contributed by atoms with Gasteiger partial charge in [0.05, 0.1) is 17.1 Å². The van der Waals surface area contributed by atoms with Crippen molar-refractivity contribution in [2.45, 2.75) is 52.1 Å². The first-order chi connectivity index (χ1) is 15.4. The monoisotopic (exact) mass is 459 g/mol. The summed E-state index contributed by atoms with van der Waals surface area (Å²) in [5.74, 6) is 0.691. The summed E-state index contributed by atoms with van der Waals surface area (Å²) in [6, 6.07) is 7.39. The molecule has 0 radical (unpaired) electrons. The van der Waals surface area contributed by atoms with Crippen molar-refractivity contribution in [2.75, 3.05) is 26.2 Å². The topological polar surface area (TPSA) is 82.8 Å². The largest absolute Gasteiger partial charge is 0.419 e. The molecule has 0 bridgehead atoms. The van der Waals surface area contributed by atoms with Gasteiger partial charge in [0.2, 0.25) is 17.7 Å². The summed E-state index contributed by atoms with van der Waals surface area (Å²) in [6.07, 6.45) is 3.52. The average Bonchev–Trinajstić information content (AvgIpc) is 3.49. The maximum Gasteiger partial charge on any atom is 0.319 e. The van der Waals surface area contributed by atoms with Crippen LogP contribution in [0, 0.1) is 5.92 Å². The van der Waals surface area contributed by atoms with Crippen molar-refractivity contribution in [2.24, 2.45) is 5.92 Å². The molecule has 172 valence electrons. The van der Waals surface area contributed by atoms with Gasteiger partial charge < -0.3 is 19.1 Å². The van der Waals surface area contributed by atoms with E-state index in [1.165, 1.54) is 0 Å². The zero-order chi connectivity index (χ0) is 22.7. The van der Waals surface area contributed by atoms with E-state index < -0.39 is 0 Å². The van der Waals surface area contributed by atoms with Crippen LogP contribution in [0.15, 0.2) is 28.7 Å². The van der Waals surface area contributed by atoms with Gasteiger partial charge in [-0.25, -0.2) is 4.79 Å². The fourth-order valence-corrected chi connectivity index (χ4v) is 4.60. The van der Waals surface area contributed by atoms with Gasteiger partial charge in [-0.3, -0.25) is 4.79 Å². The molecule has 0 aliphatic carbocycles. The number of urea groups is 1. The van der Waals surface area contributed by atoms with Gasteiger partial charge in [-0.15, -0.1) is 10.2 Å². The number of amides is 3. The molecule has 1 aromatic carbocycles. The van der Waals surface area contributed by atoms with Crippen LogP contribution in [0.1, 0.15) is 45.4 Å². The number of benzene rings is 1. The molecule has 3 amide bonds. The molecule has 9 heteroatoms. The number of likely N-dealkylation sites (tertiary alicyclic amines) is 2. The number of aromatic nitrogens is 2. The van der Waals surface area contributed by atoms with Crippen molar-refractivity contribution in [1.29, 1.82) is 0 Å². The smallest absolute Gasteiger partial charge is 0.319 e. The van der Waals surface area contributed by atoms with Crippen molar-refractivity contribution < 1.29 is 14.0 Å². The lowest BCUT2D eigenvalue weighted by atomic mass is 9.95. The molecule has 0 atom stereocenters. The van der Waals surface area contributed by atoms with Gasteiger partial charge in [0, 0.05) is 38.1 Å². The minimum atomic E-state index is -0.106. The lowest BCUT2D eigenvalue weighted by molar-refractivity contribution is -0.139. The first-order valence-corrected chi connectivity index (χ1v) is 11.7. The van der Waals surface area contributed by atoms with Crippen LogP contribution < -0.4 is 0 Å². The maximum absolute atomic E-state index is 13.3. The van der Waals surface area contributed by atoms with Gasteiger partial charge in [-0.2, -0.15) is 0 Å². The summed E-state index contributed by atoms with van der Waals surface area (Å²) in [4.78, 5) is 31.5. The number of carbonyl (C=O) groups excluding carboxylic acids is 2. The Morgan fingerprint density at radius 1 is 1.09 bits per heavy atom. The summed E-state index contributed by atoms with van der Waals surface area (Å²) in [5, 5.41) is 8.78. The Hall–Kier alpha value is -2.61. The number of rotatable bonds is 5. The third kappa shape index (κ3) is 4.90. The van der Waals surface area contributed by atoms with Gasteiger partial charge in [-0.05, 0) is 51.7 Å². The molecular weight excluding hydrogens is 430 g/mol. The van der Waals surface area contributed by atoms with Crippen LogP contribution in [-0.2, 0) is 11.3 Å². The van der Waals surface area contributed by atoms with Crippen LogP contribution in [0.25, 0.3) is 11.5 Å². The Balaban J connectivity index is 1.37. The van der Waals surface area contributed by atoms with Crippen LogP contribution in [0.4, 0.5) is 4.79 Å². The third-order valence-corrected chi connectivity index (χ3v) is 6.60. The third-order valence-electron chi connectivity index (χ3n) is 6.27. The number of hydrogen-bond acceptors (Lipinski definition) is 5. The molecule has 1 aromatic heterocycles. The predicted octanol–water partition coefficient (Wildman–Crippen LogP) is 4.05. The lowest BCUT2D eigenvalue weighted by Gasteiger charge is -2.36. The SMILES string of the molecule is CC(C)N(Cc1nnc(-c2ccccc2Cl)o1)C(=O)C1CCN(C(=O)N2CCCC2)CC1. The van der Waals surface area contributed by atoms with Gasteiger partial charge in [0.1, 0.15) is 0 Å². The van der Waals surface area contributed by atoms with E-state index in [9.17, 15) is 9.59 Å². The molecule has 0 saturated carbocycles. The molecule has 2 aromatic rings. The Bertz CT molecular complexity index is 949. The van der Waals surface area contributed by atoms with Crippen molar-refractivity contribution >= 4 is 23.5 Å². The molecule has 32 heavy (non-hydrogen) atoms. The number of piperidine rings is 1. The summed E-state index contributed by atoms with van der Waals surface area (Å²) in [6.45, 7) is 7.15. The highest BCUT2D eigenvalue weighted by atomic mass is 35.5. The summed E-state index contributed by atoms with van der Waals surface area (Å²) in [7, 11) is 0. The Labute approximate surface area is 193 Å². The van der Waals surface area contributed by atoms with Crippen LogP contribution in [0.3, 0.4) is 0 Å². The molecular formula is C23H30ClN5O3.